The number of hydrogen-bond donors (Lipinski definition) is 1. The summed E-state index contributed by atoms with van der Waals surface area (Å²) in [7, 11) is -4.21. The minimum Gasteiger partial charge on any atom is -0.355 e. The van der Waals surface area contributed by atoms with Crippen molar-refractivity contribution < 1.29 is 18.0 Å². The highest BCUT2D eigenvalue weighted by atomic mass is 35.5. The first-order chi connectivity index (χ1) is 21.0. The number of likely N-dealkylation sites (N-methyl/N-ethyl adjacent to an activating group) is 1. The van der Waals surface area contributed by atoms with E-state index in [2.05, 4.69) is 5.32 Å². The van der Waals surface area contributed by atoms with Crippen LogP contribution in [0.15, 0.2) is 102 Å². The third-order valence-corrected chi connectivity index (χ3v) is 9.39. The summed E-state index contributed by atoms with van der Waals surface area (Å²) >= 11 is 6.35. The van der Waals surface area contributed by atoms with Gasteiger partial charge in [0.2, 0.25) is 11.8 Å². The van der Waals surface area contributed by atoms with Gasteiger partial charge in [0.15, 0.2) is 0 Å². The van der Waals surface area contributed by atoms with Crippen LogP contribution in [-0.2, 0) is 32.6 Å². The van der Waals surface area contributed by atoms with Crippen LogP contribution < -0.4 is 9.62 Å². The van der Waals surface area contributed by atoms with E-state index in [-0.39, 0.29) is 23.8 Å². The first-order valence-corrected chi connectivity index (χ1v) is 16.3. The molecule has 7 nitrogen and oxygen atoms in total. The summed E-state index contributed by atoms with van der Waals surface area (Å²) in [6.07, 6.45) is 0.255. The van der Waals surface area contributed by atoms with Crippen LogP contribution in [0.4, 0.5) is 5.69 Å². The number of nitrogens with zero attached hydrogens (tertiary/aromatic N) is 2. The van der Waals surface area contributed by atoms with Crippen molar-refractivity contribution in [1.82, 2.24) is 10.2 Å². The number of aryl methyl sites for hydroxylation is 3. The van der Waals surface area contributed by atoms with Crippen LogP contribution in [0, 0.1) is 20.8 Å². The molecule has 230 valence electrons. The normalized spacial score (nSPS) is 11.9. The molecule has 1 N–H and O–H groups in total. The zero-order valence-corrected chi connectivity index (χ0v) is 27.0. The highest BCUT2D eigenvalue weighted by Gasteiger charge is 2.35. The van der Waals surface area contributed by atoms with Gasteiger partial charge in [-0.15, -0.1) is 0 Å². The van der Waals surface area contributed by atoms with Gasteiger partial charge in [-0.3, -0.25) is 13.9 Å². The highest BCUT2D eigenvalue weighted by molar-refractivity contribution is 7.92. The average Bonchev–Trinajstić information content (AvgIpc) is 2.99. The van der Waals surface area contributed by atoms with Crippen LogP contribution >= 0.6 is 11.6 Å². The molecule has 0 saturated carbocycles. The van der Waals surface area contributed by atoms with Gasteiger partial charge in [-0.25, -0.2) is 8.42 Å². The van der Waals surface area contributed by atoms with Gasteiger partial charge in [0.25, 0.3) is 10.0 Å². The zero-order chi connectivity index (χ0) is 31.9. The lowest BCUT2D eigenvalue weighted by atomic mass is 10.0. The largest absolute Gasteiger partial charge is 0.355 e. The van der Waals surface area contributed by atoms with Gasteiger partial charge in [0.1, 0.15) is 12.6 Å². The van der Waals surface area contributed by atoms with Crippen molar-refractivity contribution in [3.8, 4) is 0 Å². The van der Waals surface area contributed by atoms with Crippen LogP contribution in [0.25, 0.3) is 0 Å². The second kappa shape index (κ2) is 14.6. The summed E-state index contributed by atoms with van der Waals surface area (Å²) in [6.45, 7) is 7.38. The molecule has 0 spiro atoms. The number of amides is 2. The maximum Gasteiger partial charge on any atom is 0.264 e. The Kier molecular flexibility index (Phi) is 10.8. The molecular weight excluding hydrogens is 594 g/mol. The first-order valence-electron chi connectivity index (χ1n) is 14.5. The Bertz CT molecular complexity index is 1710. The summed E-state index contributed by atoms with van der Waals surface area (Å²) in [4.78, 5) is 29.6. The van der Waals surface area contributed by atoms with Crippen LogP contribution in [0.3, 0.4) is 0 Å². The number of hydrogen-bond acceptors (Lipinski definition) is 4. The number of sulfonamides is 1. The summed E-state index contributed by atoms with van der Waals surface area (Å²) in [5.41, 5.74) is 4.53. The molecule has 4 rings (SSSR count). The van der Waals surface area contributed by atoms with E-state index in [4.69, 9.17) is 11.6 Å². The Morgan fingerprint density at radius 3 is 2.16 bits per heavy atom. The Labute approximate surface area is 265 Å². The molecule has 0 aliphatic carbocycles. The van der Waals surface area contributed by atoms with Crippen LogP contribution in [-0.4, -0.2) is 44.3 Å². The smallest absolute Gasteiger partial charge is 0.264 e. The summed E-state index contributed by atoms with van der Waals surface area (Å²) in [5, 5.41) is 3.22. The van der Waals surface area contributed by atoms with Gasteiger partial charge in [0, 0.05) is 24.5 Å². The van der Waals surface area contributed by atoms with Gasteiger partial charge in [-0.1, -0.05) is 95.5 Å². The lowest BCUT2D eigenvalue weighted by Crippen LogP contribution is -2.53. The minimum absolute atomic E-state index is 0.0464. The second-order valence-corrected chi connectivity index (χ2v) is 13.2. The first kappa shape index (κ1) is 32.8. The maximum absolute atomic E-state index is 14.5. The fourth-order valence-corrected chi connectivity index (χ4v) is 6.69. The Morgan fingerprint density at radius 1 is 0.818 bits per heavy atom. The van der Waals surface area contributed by atoms with E-state index in [1.165, 1.54) is 17.0 Å². The number of carbonyl (C=O) groups is 2. The van der Waals surface area contributed by atoms with Gasteiger partial charge < -0.3 is 10.2 Å². The Hall–Kier alpha value is -4.14. The number of benzene rings is 4. The molecule has 9 heteroatoms. The van der Waals surface area contributed by atoms with E-state index >= 15 is 0 Å². The van der Waals surface area contributed by atoms with Gasteiger partial charge in [0.05, 0.1) is 10.6 Å². The van der Waals surface area contributed by atoms with E-state index in [9.17, 15) is 18.0 Å². The molecule has 1 atom stereocenters. The topological polar surface area (TPSA) is 86.8 Å². The van der Waals surface area contributed by atoms with Crippen LogP contribution in [0.2, 0.25) is 5.02 Å². The molecule has 0 aliphatic heterocycles. The number of nitrogens with one attached hydrogen (secondary N) is 1. The molecular formula is C35H38ClN3O4S. The highest BCUT2D eigenvalue weighted by Crippen LogP contribution is 2.30. The van der Waals surface area contributed by atoms with Crippen molar-refractivity contribution in [3.63, 3.8) is 0 Å². The number of rotatable bonds is 12. The SMILES string of the molecule is CCNC(=O)C(Cc1ccccc1)N(Cc1cccc(C)c1)C(=O)CN(c1cc(Cl)ccc1C)S(=O)(=O)c1ccc(C)cc1. The van der Waals surface area contributed by atoms with Gasteiger partial charge >= 0.3 is 0 Å². The van der Waals surface area contributed by atoms with Crippen molar-refractivity contribution in [3.05, 3.63) is 130 Å². The summed E-state index contributed by atoms with van der Waals surface area (Å²) in [5.74, 6) is -0.835. The fourth-order valence-electron chi connectivity index (χ4n) is 5.06. The number of halogens is 1. The lowest BCUT2D eigenvalue weighted by Gasteiger charge is -2.34. The summed E-state index contributed by atoms with van der Waals surface area (Å²) < 4.78 is 29.5. The lowest BCUT2D eigenvalue weighted by molar-refractivity contribution is -0.140. The van der Waals surface area contributed by atoms with E-state index in [0.717, 1.165) is 26.6 Å². The van der Waals surface area contributed by atoms with Crippen LogP contribution in [0.1, 0.15) is 34.7 Å². The molecule has 4 aromatic carbocycles. The van der Waals surface area contributed by atoms with E-state index in [0.29, 0.717) is 22.8 Å². The average molecular weight is 632 g/mol. The Balaban J connectivity index is 1.83. The van der Waals surface area contributed by atoms with Crippen molar-refractivity contribution in [2.45, 2.75) is 51.6 Å². The third-order valence-electron chi connectivity index (χ3n) is 7.39. The standard InChI is InChI=1S/C35H38ClN3O4S/c1-5-37-35(41)33(21-28-11-7-6-8-12-28)38(23-29-13-9-10-26(3)20-29)34(40)24-39(32-22-30(36)17-16-27(32)4)44(42,43)31-18-14-25(2)15-19-31/h6-20,22,33H,5,21,23-24H2,1-4H3,(H,37,41). The second-order valence-electron chi connectivity index (χ2n) is 10.9. The number of anilines is 1. The molecule has 4 aromatic rings. The zero-order valence-electron chi connectivity index (χ0n) is 25.5. The Morgan fingerprint density at radius 2 is 1.50 bits per heavy atom. The van der Waals surface area contributed by atoms with E-state index in [1.54, 1.807) is 37.3 Å². The molecule has 2 amide bonds. The maximum atomic E-state index is 14.5. The van der Waals surface area contributed by atoms with E-state index < -0.39 is 28.5 Å². The fraction of sp³-hybridized carbons (Fsp3) is 0.257. The summed E-state index contributed by atoms with van der Waals surface area (Å²) in [6, 6.07) is 27.7. The van der Waals surface area contributed by atoms with E-state index in [1.807, 2.05) is 75.4 Å². The quantitative estimate of drug-likeness (QED) is 0.201. The van der Waals surface area contributed by atoms with Crippen molar-refractivity contribution in [2.75, 3.05) is 17.4 Å². The predicted octanol–water partition coefficient (Wildman–Crippen LogP) is 6.24. The van der Waals surface area contributed by atoms with Crippen molar-refractivity contribution in [2.24, 2.45) is 0 Å². The van der Waals surface area contributed by atoms with Crippen molar-refractivity contribution >= 4 is 39.1 Å². The molecule has 0 heterocycles. The predicted molar refractivity (Wildman–Crippen MR) is 176 cm³/mol. The third kappa shape index (κ3) is 8.07. The van der Waals surface area contributed by atoms with Gasteiger partial charge in [-0.2, -0.15) is 0 Å². The molecule has 0 bridgehead atoms. The number of carbonyl (C=O) groups excluding carboxylic acids is 2. The van der Waals surface area contributed by atoms with Crippen LogP contribution in [0.5, 0.6) is 0 Å². The molecule has 0 aromatic heterocycles. The molecule has 0 saturated heterocycles. The van der Waals surface area contributed by atoms with Gasteiger partial charge in [-0.05, 0) is 68.7 Å². The molecule has 1 unspecified atom stereocenters. The minimum atomic E-state index is -4.21. The van der Waals surface area contributed by atoms with Crippen molar-refractivity contribution in [1.29, 1.82) is 0 Å². The molecule has 0 fully saturated rings. The monoisotopic (exact) mass is 631 g/mol. The molecule has 44 heavy (non-hydrogen) atoms. The molecule has 0 aliphatic rings. The molecule has 0 radical (unpaired) electrons.